The van der Waals surface area contributed by atoms with Crippen LogP contribution in [-0.2, 0) is 0 Å². The molecule has 3 rings (SSSR count). The Kier molecular flexibility index (Phi) is 4.51. The number of alkyl halides is 3. The number of halogens is 3. The number of hydrogen-bond acceptors (Lipinski definition) is 4. The highest BCUT2D eigenvalue weighted by atomic mass is 19.4. The second-order valence-electron chi connectivity index (χ2n) is 5.18. The Bertz CT molecular complexity index is 848. The number of pyridine rings is 1. The highest BCUT2D eigenvalue weighted by molar-refractivity contribution is 5.93. The van der Waals surface area contributed by atoms with Crippen molar-refractivity contribution in [3.8, 4) is 11.3 Å². The summed E-state index contributed by atoms with van der Waals surface area (Å²) < 4.78 is 44.9. The van der Waals surface area contributed by atoms with Crippen molar-refractivity contribution in [2.75, 3.05) is 0 Å². The van der Waals surface area contributed by atoms with E-state index in [0.29, 0.717) is 5.56 Å². The minimum Gasteiger partial charge on any atom is -0.355 e. The highest BCUT2D eigenvalue weighted by Crippen LogP contribution is 2.32. The molecule has 8 heteroatoms. The molecule has 128 valence electrons. The summed E-state index contributed by atoms with van der Waals surface area (Å²) in [5, 5.41) is 5.49. The molecule has 0 aliphatic heterocycles. The van der Waals surface area contributed by atoms with E-state index in [1.165, 1.54) is 36.5 Å². The van der Waals surface area contributed by atoms with Crippen molar-refractivity contribution in [1.82, 2.24) is 15.5 Å². The maximum atomic E-state index is 13.3. The molecule has 2 heterocycles. The predicted molar refractivity (Wildman–Crippen MR) is 82.4 cm³/mol. The summed E-state index contributed by atoms with van der Waals surface area (Å²) in [7, 11) is 0. The highest BCUT2D eigenvalue weighted by Gasteiger charge is 2.42. The molecule has 1 N–H and O–H groups in total. The number of aromatic nitrogens is 2. The Morgan fingerprint density at radius 2 is 1.88 bits per heavy atom. The number of hydrogen-bond donors (Lipinski definition) is 1. The van der Waals surface area contributed by atoms with E-state index in [1.807, 2.05) is 5.32 Å². The Hall–Kier alpha value is -3.16. The fraction of sp³-hybridized carbons (Fsp3) is 0.118. The summed E-state index contributed by atoms with van der Waals surface area (Å²) in [6, 6.07) is 9.59. The van der Waals surface area contributed by atoms with E-state index in [1.54, 1.807) is 24.4 Å². The Morgan fingerprint density at radius 1 is 1.12 bits per heavy atom. The summed E-state index contributed by atoms with van der Waals surface area (Å²) in [4.78, 5) is 16.1. The molecule has 1 unspecified atom stereocenters. The van der Waals surface area contributed by atoms with Crippen LogP contribution in [0, 0.1) is 0 Å². The largest absolute Gasteiger partial charge is 0.412 e. The van der Waals surface area contributed by atoms with E-state index in [-0.39, 0.29) is 17.0 Å². The minimum atomic E-state index is -4.65. The van der Waals surface area contributed by atoms with Crippen LogP contribution in [0.3, 0.4) is 0 Å². The smallest absolute Gasteiger partial charge is 0.355 e. The van der Waals surface area contributed by atoms with Gasteiger partial charge in [0.25, 0.3) is 5.91 Å². The van der Waals surface area contributed by atoms with Crippen molar-refractivity contribution in [1.29, 1.82) is 0 Å². The second-order valence-corrected chi connectivity index (χ2v) is 5.18. The second kappa shape index (κ2) is 6.76. The number of nitrogens with one attached hydrogen (secondary N) is 1. The average molecular weight is 347 g/mol. The van der Waals surface area contributed by atoms with Crippen LogP contribution in [-0.4, -0.2) is 22.2 Å². The van der Waals surface area contributed by atoms with Crippen LogP contribution >= 0.6 is 0 Å². The lowest BCUT2D eigenvalue weighted by atomic mass is 10.1. The van der Waals surface area contributed by atoms with Crippen LogP contribution in [0.15, 0.2) is 65.4 Å². The molecule has 1 atom stereocenters. The SMILES string of the molecule is O=C(NC(c1ccccc1)C(F)(F)F)c1cc(-c2cccnc2)on1. The fourth-order valence-corrected chi connectivity index (χ4v) is 2.23. The first kappa shape index (κ1) is 16.7. The van der Waals surface area contributed by atoms with Gasteiger partial charge in [-0.05, 0) is 17.7 Å². The lowest BCUT2D eigenvalue weighted by Gasteiger charge is -2.21. The monoisotopic (exact) mass is 347 g/mol. The van der Waals surface area contributed by atoms with Crippen LogP contribution in [0.1, 0.15) is 22.1 Å². The number of carbonyl (C=O) groups is 1. The van der Waals surface area contributed by atoms with Gasteiger partial charge in [0, 0.05) is 24.0 Å². The van der Waals surface area contributed by atoms with E-state index in [0.717, 1.165) is 0 Å². The van der Waals surface area contributed by atoms with Crippen molar-refractivity contribution in [2.45, 2.75) is 12.2 Å². The first-order valence-electron chi connectivity index (χ1n) is 7.25. The molecule has 0 saturated heterocycles. The molecular weight excluding hydrogens is 335 g/mol. The third-order valence-corrected chi connectivity index (χ3v) is 3.42. The van der Waals surface area contributed by atoms with Crippen LogP contribution < -0.4 is 5.32 Å². The average Bonchev–Trinajstić information content (AvgIpc) is 3.10. The normalized spacial score (nSPS) is 12.6. The van der Waals surface area contributed by atoms with Gasteiger partial charge in [0.2, 0.25) is 0 Å². The van der Waals surface area contributed by atoms with Crippen molar-refractivity contribution in [3.63, 3.8) is 0 Å². The third-order valence-electron chi connectivity index (χ3n) is 3.42. The zero-order valence-corrected chi connectivity index (χ0v) is 12.7. The Balaban J connectivity index is 1.82. The first-order valence-corrected chi connectivity index (χ1v) is 7.25. The summed E-state index contributed by atoms with van der Waals surface area (Å²) in [5.41, 5.74) is 0.243. The molecule has 0 fully saturated rings. The van der Waals surface area contributed by atoms with Gasteiger partial charge >= 0.3 is 6.18 Å². The molecule has 0 bridgehead atoms. The van der Waals surface area contributed by atoms with Gasteiger partial charge in [0.1, 0.15) is 0 Å². The topological polar surface area (TPSA) is 68.0 Å². The van der Waals surface area contributed by atoms with Crippen LogP contribution in [0.25, 0.3) is 11.3 Å². The van der Waals surface area contributed by atoms with Crippen LogP contribution in [0.2, 0.25) is 0 Å². The molecule has 0 spiro atoms. The molecule has 0 radical (unpaired) electrons. The van der Waals surface area contributed by atoms with E-state index in [4.69, 9.17) is 4.52 Å². The molecule has 25 heavy (non-hydrogen) atoms. The van der Waals surface area contributed by atoms with Gasteiger partial charge < -0.3 is 9.84 Å². The summed E-state index contributed by atoms with van der Waals surface area (Å²) >= 11 is 0. The van der Waals surface area contributed by atoms with Crippen molar-refractivity contribution < 1.29 is 22.5 Å². The first-order chi connectivity index (χ1) is 11.9. The molecule has 1 aromatic carbocycles. The van der Waals surface area contributed by atoms with Gasteiger partial charge in [-0.25, -0.2) is 0 Å². The maximum Gasteiger partial charge on any atom is 0.412 e. The molecule has 2 aromatic heterocycles. The fourth-order valence-electron chi connectivity index (χ4n) is 2.23. The van der Waals surface area contributed by atoms with Crippen LogP contribution in [0.4, 0.5) is 13.2 Å². The standard InChI is InChI=1S/C17H12F3N3O2/c18-17(19,20)15(11-5-2-1-3-6-11)22-16(24)13-9-14(25-23-13)12-7-4-8-21-10-12/h1-10,15H,(H,22,24). The van der Waals surface area contributed by atoms with Crippen molar-refractivity contribution in [2.24, 2.45) is 0 Å². The molecule has 0 aliphatic rings. The molecule has 1 amide bonds. The number of carbonyl (C=O) groups excluding carboxylic acids is 1. The minimum absolute atomic E-state index is 0.0701. The molecule has 3 aromatic rings. The quantitative estimate of drug-likeness (QED) is 0.780. The summed E-state index contributed by atoms with van der Waals surface area (Å²) in [6.45, 7) is 0. The zero-order chi connectivity index (χ0) is 17.9. The maximum absolute atomic E-state index is 13.3. The van der Waals surface area contributed by atoms with E-state index >= 15 is 0 Å². The van der Waals surface area contributed by atoms with Gasteiger partial charge in [0.05, 0.1) is 0 Å². The van der Waals surface area contributed by atoms with Gasteiger partial charge in [-0.3, -0.25) is 9.78 Å². The number of amides is 1. The number of rotatable bonds is 4. The van der Waals surface area contributed by atoms with Crippen molar-refractivity contribution in [3.05, 3.63) is 72.2 Å². The number of nitrogens with zero attached hydrogens (tertiary/aromatic N) is 2. The molecule has 0 aliphatic carbocycles. The summed E-state index contributed by atoms with van der Waals surface area (Å²) in [5.74, 6) is -0.744. The Labute approximate surface area is 140 Å². The van der Waals surface area contributed by atoms with Crippen LogP contribution in [0.5, 0.6) is 0 Å². The number of benzene rings is 1. The third kappa shape index (κ3) is 3.85. The zero-order valence-electron chi connectivity index (χ0n) is 12.7. The van der Waals surface area contributed by atoms with E-state index < -0.39 is 18.1 Å². The van der Waals surface area contributed by atoms with Gasteiger partial charge in [-0.2, -0.15) is 13.2 Å². The summed E-state index contributed by atoms with van der Waals surface area (Å²) in [6.07, 6.45) is -1.60. The molecule has 5 nitrogen and oxygen atoms in total. The van der Waals surface area contributed by atoms with Gasteiger partial charge in [0.15, 0.2) is 17.5 Å². The van der Waals surface area contributed by atoms with Gasteiger partial charge in [-0.15, -0.1) is 0 Å². The lowest BCUT2D eigenvalue weighted by molar-refractivity contribution is -0.155. The molecule has 0 saturated carbocycles. The van der Waals surface area contributed by atoms with E-state index in [2.05, 4.69) is 10.1 Å². The Morgan fingerprint density at radius 3 is 2.52 bits per heavy atom. The molecular formula is C17H12F3N3O2. The van der Waals surface area contributed by atoms with Crippen molar-refractivity contribution >= 4 is 5.91 Å². The predicted octanol–water partition coefficient (Wildman–Crippen LogP) is 3.77. The van der Waals surface area contributed by atoms with Gasteiger partial charge in [-0.1, -0.05) is 35.5 Å². The van der Waals surface area contributed by atoms with E-state index in [9.17, 15) is 18.0 Å². The lowest BCUT2D eigenvalue weighted by Crippen LogP contribution is -2.38.